The Morgan fingerprint density at radius 1 is 1.14 bits per heavy atom. The van der Waals surface area contributed by atoms with Crippen molar-refractivity contribution < 1.29 is 18.7 Å². The fourth-order valence-electron chi connectivity index (χ4n) is 4.77. The monoisotopic (exact) mass is 493 g/mol. The van der Waals surface area contributed by atoms with Gasteiger partial charge in [0.2, 0.25) is 11.6 Å². The third-order valence-electron chi connectivity index (χ3n) is 7.04. The molecule has 0 bridgehead atoms. The highest BCUT2D eigenvalue weighted by Gasteiger charge is 2.30. The molecule has 0 radical (unpaired) electrons. The fraction of sp³-hybridized carbons (Fsp3) is 0.444. The number of nitrogens with one attached hydrogen (secondary N) is 1. The second-order valence-corrected chi connectivity index (χ2v) is 9.57. The van der Waals surface area contributed by atoms with Crippen LogP contribution in [-0.2, 0) is 6.42 Å². The Balaban J connectivity index is 1.35. The summed E-state index contributed by atoms with van der Waals surface area (Å²) in [6, 6.07) is 12.7. The van der Waals surface area contributed by atoms with Crippen molar-refractivity contribution in [3.63, 3.8) is 0 Å². The molecular formula is C27H32FN5O3. The Labute approximate surface area is 210 Å². The van der Waals surface area contributed by atoms with Crippen molar-refractivity contribution in [2.75, 3.05) is 38.2 Å². The Hall–Kier alpha value is -3.46. The van der Waals surface area contributed by atoms with Gasteiger partial charge in [0, 0.05) is 37.4 Å². The van der Waals surface area contributed by atoms with Crippen LogP contribution in [-0.4, -0.2) is 71.3 Å². The van der Waals surface area contributed by atoms with Gasteiger partial charge in [-0.25, -0.2) is 9.37 Å². The second-order valence-electron chi connectivity index (χ2n) is 9.57. The molecule has 1 saturated heterocycles. The number of benzene rings is 2. The number of Topliss-reactive ketones (excluding diaryl/α,β-unsaturated/α-hetero) is 1. The molecule has 5 rings (SSSR count). The number of hydrogen-bond acceptors (Lipinski definition) is 7. The van der Waals surface area contributed by atoms with E-state index in [0.717, 1.165) is 42.1 Å². The van der Waals surface area contributed by atoms with E-state index in [4.69, 9.17) is 9.47 Å². The van der Waals surface area contributed by atoms with E-state index in [0.29, 0.717) is 25.3 Å². The Morgan fingerprint density at radius 2 is 1.94 bits per heavy atom. The predicted octanol–water partition coefficient (Wildman–Crippen LogP) is 3.81. The third-order valence-corrected chi connectivity index (χ3v) is 7.04. The molecule has 2 aliphatic rings. The number of hydrogen-bond donors (Lipinski definition) is 1. The normalized spacial score (nSPS) is 18.6. The van der Waals surface area contributed by atoms with Gasteiger partial charge < -0.3 is 14.4 Å². The first kappa shape index (κ1) is 24.2. The van der Waals surface area contributed by atoms with Gasteiger partial charge >= 0.3 is 0 Å². The van der Waals surface area contributed by atoms with Gasteiger partial charge in [-0.3, -0.25) is 14.8 Å². The van der Waals surface area contributed by atoms with Gasteiger partial charge in [-0.1, -0.05) is 12.1 Å². The number of halogens is 1. The largest absolute Gasteiger partial charge is 0.493 e. The smallest absolute Gasteiger partial charge is 0.218 e. The summed E-state index contributed by atoms with van der Waals surface area (Å²) in [7, 11) is 1.66. The van der Waals surface area contributed by atoms with Crippen molar-refractivity contribution in [3.05, 3.63) is 65.5 Å². The summed E-state index contributed by atoms with van der Waals surface area (Å²) in [6.45, 7) is 4.18. The highest BCUT2D eigenvalue weighted by Crippen LogP contribution is 2.36. The summed E-state index contributed by atoms with van der Waals surface area (Å²) in [5.41, 5.74) is 2.09. The molecule has 190 valence electrons. The van der Waals surface area contributed by atoms with Gasteiger partial charge in [0.15, 0.2) is 11.5 Å². The molecule has 1 aliphatic heterocycles. The van der Waals surface area contributed by atoms with Gasteiger partial charge in [0.25, 0.3) is 0 Å². The molecular weight excluding hydrogens is 461 g/mol. The predicted molar refractivity (Wildman–Crippen MR) is 134 cm³/mol. The van der Waals surface area contributed by atoms with Crippen molar-refractivity contribution in [3.8, 4) is 11.5 Å². The van der Waals surface area contributed by atoms with Crippen LogP contribution < -0.4 is 14.4 Å². The van der Waals surface area contributed by atoms with E-state index in [1.807, 2.05) is 18.2 Å². The number of rotatable bonds is 9. The number of aromatic nitrogens is 3. The number of ether oxygens (including phenoxy) is 2. The molecule has 3 aromatic rings. The minimum Gasteiger partial charge on any atom is -0.493 e. The quantitative estimate of drug-likeness (QED) is 0.454. The maximum Gasteiger partial charge on any atom is 0.218 e. The van der Waals surface area contributed by atoms with Crippen LogP contribution in [0.4, 0.5) is 10.1 Å². The summed E-state index contributed by atoms with van der Waals surface area (Å²) in [4.78, 5) is 21.6. The van der Waals surface area contributed by atoms with Crippen LogP contribution in [0.2, 0.25) is 0 Å². The zero-order valence-electron chi connectivity index (χ0n) is 20.7. The zero-order chi connectivity index (χ0) is 25.1. The lowest BCUT2D eigenvalue weighted by Gasteiger charge is -2.42. The van der Waals surface area contributed by atoms with Crippen LogP contribution >= 0.6 is 0 Å². The lowest BCUT2D eigenvalue weighted by atomic mass is 9.96. The molecule has 1 aromatic heterocycles. The summed E-state index contributed by atoms with van der Waals surface area (Å²) in [5.74, 6) is 1.96. The number of aryl methyl sites for hydroxylation is 1. The number of anilines is 1. The zero-order valence-corrected chi connectivity index (χ0v) is 20.7. The van der Waals surface area contributed by atoms with Crippen LogP contribution in [0, 0.1) is 12.7 Å². The molecule has 1 aliphatic carbocycles. The van der Waals surface area contributed by atoms with E-state index >= 15 is 0 Å². The SMILES string of the molecule is COc1ccc(N2CCN(CC(=O)c3n[nH]c(C)n3)[C@@H](Cc3ccc(F)cc3)C2)cc1OC1CCC1. The first-order chi connectivity index (χ1) is 17.5. The highest BCUT2D eigenvalue weighted by atomic mass is 19.1. The number of ketones is 1. The summed E-state index contributed by atoms with van der Waals surface area (Å²) in [5, 5.41) is 6.78. The Bertz CT molecular complexity index is 1190. The molecule has 1 N–H and O–H groups in total. The van der Waals surface area contributed by atoms with E-state index in [-0.39, 0.29) is 36.1 Å². The number of nitrogens with zero attached hydrogens (tertiary/aromatic N) is 4. The van der Waals surface area contributed by atoms with E-state index in [9.17, 15) is 9.18 Å². The maximum absolute atomic E-state index is 13.5. The number of aromatic amines is 1. The number of carbonyl (C=O) groups excluding carboxylic acids is 1. The van der Waals surface area contributed by atoms with Gasteiger partial charge in [0.1, 0.15) is 11.6 Å². The van der Waals surface area contributed by atoms with Crippen molar-refractivity contribution in [2.24, 2.45) is 0 Å². The number of methoxy groups -OCH3 is 1. The molecule has 9 heteroatoms. The third kappa shape index (κ3) is 5.51. The highest BCUT2D eigenvalue weighted by molar-refractivity contribution is 5.94. The molecule has 0 unspecified atom stereocenters. The minimum absolute atomic E-state index is 0.0475. The molecule has 1 atom stereocenters. The first-order valence-electron chi connectivity index (χ1n) is 12.5. The average molecular weight is 494 g/mol. The molecule has 2 aromatic carbocycles. The topological polar surface area (TPSA) is 83.6 Å². The van der Waals surface area contributed by atoms with Gasteiger partial charge in [-0.05, 0) is 62.4 Å². The van der Waals surface area contributed by atoms with Crippen LogP contribution in [0.1, 0.15) is 41.3 Å². The van der Waals surface area contributed by atoms with E-state index < -0.39 is 0 Å². The van der Waals surface area contributed by atoms with Crippen LogP contribution in [0.15, 0.2) is 42.5 Å². The molecule has 2 heterocycles. The van der Waals surface area contributed by atoms with Crippen LogP contribution in [0.25, 0.3) is 0 Å². The van der Waals surface area contributed by atoms with Crippen molar-refractivity contribution in [2.45, 2.75) is 44.8 Å². The van der Waals surface area contributed by atoms with E-state index in [2.05, 4.69) is 37.1 Å². The lowest BCUT2D eigenvalue weighted by Crippen LogP contribution is -2.55. The molecule has 1 saturated carbocycles. The molecule has 0 spiro atoms. The first-order valence-corrected chi connectivity index (χ1v) is 12.5. The Morgan fingerprint density at radius 3 is 2.61 bits per heavy atom. The molecule has 0 amide bonds. The molecule has 2 fully saturated rings. The van der Waals surface area contributed by atoms with E-state index in [1.165, 1.54) is 18.6 Å². The Kier molecular flexibility index (Phi) is 7.18. The van der Waals surface area contributed by atoms with Gasteiger partial charge in [-0.2, -0.15) is 5.10 Å². The van der Waals surface area contributed by atoms with Crippen molar-refractivity contribution in [1.82, 2.24) is 20.1 Å². The number of piperazine rings is 1. The second kappa shape index (κ2) is 10.7. The molecule has 8 nitrogen and oxygen atoms in total. The minimum atomic E-state index is -0.256. The van der Waals surface area contributed by atoms with Crippen LogP contribution in [0.5, 0.6) is 11.5 Å². The fourth-order valence-corrected chi connectivity index (χ4v) is 4.77. The van der Waals surface area contributed by atoms with Crippen molar-refractivity contribution in [1.29, 1.82) is 0 Å². The number of carbonyl (C=O) groups is 1. The van der Waals surface area contributed by atoms with E-state index in [1.54, 1.807) is 14.0 Å². The van der Waals surface area contributed by atoms with Crippen LogP contribution in [0.3, 0.4) is 0 Å². The summed E-state index contributed by atoms with van der Waals surface area (Å²) >= 11 is 0. The lowest BCUT2D eigenvalue weighted by molar-refractivity contribution is 0.0865. The molecule has 36 heavy (non-hydrogen) atoms. The maximum atomic E-state index is 13.5. The average Bonchev–Trinajstić information content (AvgIpc) is 3.30. The van der Waals surface area contributed by atoms with Gasteiger partial charge in [0.05, 0.1) is 19.8 Å². The standard InChI is InChI=1S/C27H32FN5O3/c1-18-29-27(31-30-18)24(34)17-33-13-12-32(16-22(33)14-19-6-8-20(28)9-7-19)21-10-11-25(35-2)26(15-21)36-23-4-3-5-23/h6-11,15,22-23H,3-5,12-14,16-17H2,1-2H3,(H,29,30,31)/t22-/m0/s1. The summed E-state index contributed by atoms with van der Waals surface area (Å²) in [6.07, 6.45) is 4.29. The number of H-pyrrole nitrogens is 1. The van der Waals surface area contributed by atoms with Crippen molar-refractivity contribution >= 4 is 11.5 Å². The van der Waals surface area contributed by atoms with Gasteiger partial charge in [-0.15, -0.1) is 0 Å². The summed E-state index contributed by atoms with van der Waals surface area (Å²) < 4.78 is 25.2.